The first-order valence-corrected chi connectivity index (χ1v) is 7.61. The van der Waals surface area contributed by atoms with E-state index in [2.05, 4.69) is 20.8 Å². The average Bonchev–Trinajstić information content (AvgIpc) is 2.52. The van der Waals surface area contributed by atoms with Crippen LogP contribution in [0.25, 0.3) is 0 Å². The Morgan fingerprint density at radius 1 is 1.18 bits per heavy atom. The molecule has 0 aromatic carbocycles. The number of aromatic nitrogens is 1. The zero-order valence-corrected chi connectivity index (χ0v) is 12.1. The van der Waals surface area contributed by atoms with E-state index in [9.17, 15) is 0 Å². The number of hydrogen-bond acceptors (Lipinski definition) is 3. The molecule has 1 aliphatic carbocycles. The van der Waals surface area contributed by atoms with E-state index in [1.807, 2.05) is 11.3 Å². The van der Waals surface area contributed by atoms with E-state index in [1.165, 1.54) is 41.3 Å². The van der Waals surface area contributed by atoms with Crippen LogP contribution in [-0.4, -0.2) is 4.98 Å². The first kappa shape index (κ1) is 13.0. The summed E-state index contributed by atoms with van der Waals surface area (Å²) in [4.78, 5) is 6.19. The summed E-state index contributed by atoms with van der Waals surface area (Å²) in [6.45, 7) is 6.60. The van der Waals surface area contributed by atoms with Gasteiger partial charge in [-0.3, -0.25) is 0 Å². The number of aryl methyl sites for hydroxylation is 1. The van der Waals surface area contributed by atoms with Gasteiger partial charge >= 0.3 is 0 Å². The second-order valence-electron chi connectivity index (χ2n) is 5.69. The molecular formula is C14H24N2S. The summed E-state index contributed by atoms with van der Waals surface area (Å²) in [5.41, 5.74) is 7.72. The molecule has 1 saturated carbocycles. The fraction of sp³-hybridized carbons (Fsp3) is 0.786. The molecule has 0 aliphatic heterocycles. The van der Waals surface area contributed by atoms with Crippen LogP contribution in [0.5, 0.6) is 0 Å². The van der Waals surface area contributed by atoms with Crippen molar-refractivity contribution in [2.45, 2.75) is 70.8 Å². The van der Waals surface area contributed by atoms with E-state index in [0.29, 0.717) is 5.92 Å². The Morgan fingerprint density at radius 2 is 1.76 bits per heavy atom. The molecule has 96 valence electrons. The lowest BCUT2D eigenvalue weighted by atomic mass is 9.92. The summed E-state index contributed by atoms with van der Waals surface area (Å²) in [6, 6.07) is 0. The van der Waals surface area contributed by atoms with Crippen LogP contribution in [-0.2, 0) is 5.54 Å². The molecule has 0 bridgehead atoms. The maximum Gasteiger partial charge on any atom is 0.113 e. The van der Waals surface area contributed by atoms with E-state index >= 15 is 0 Å². The number of hydrogen-bond donors (Lipinski definition) is 1. The normalized spacial score (nSPS) is 20.5. The lowest BCUT2D eigenvalue weighted by Crippen LogP contribution is -2.35. The smallest absolute Gasteiger partial charge is 0.113 e. The minimum absolute atomic E-state index is 0.140. The predicted octanol–water partition coefficient (Wildman–Crippen LogP) is 4.08. The van der Waals surface area contributed by atoms with Crippen LogP contribution in [0.15, 0.2) is 0 Å². The molecule has 0 saturated heterocycles. The molecule has 1 aromatic heterocycles. The first-order chi connectivity index (χ1) is 8.03. The van der Waals surface area contributed by atoms with Gasteiger partial charge in [0.2, 0.25) is 0 Å². The zero-order valence-electron chi connectivity index (χ0n) is 11.3. The topological polar surface area (TPSA) is 38.9 Å². The highest BCUT2D eigenvalue weighted by Gasteiger charge is 2.32. The van der Waals surface area contributed by atoms with Gasteiger partial charge in [-0.1, -0.05) is 39.5 Å². The van der Waals surface area contributed by atoms with Crippen LogP contribution in [0, 0.1) is 6.92 Å². The quantitative estimate of drug-likeness (QED) is 0.805. The summed E-state index contributed by atoms with van der Waals surface area (Å²) in [5.74, 6) is 0.509. The van der Waals surface area contributed by atoms with Gasteiger partial charge in [-0.2, -0.15) is 0 Å². The van der Waals surface area contributed by atoms with Crippen molar-refractivity contribution in [3.05, 3.63) is 15.6 Å². The van der Waals surface area contributed by atoms with Crippen LogP contribution in [0.2, 0.25) is 0 Å². The van der Waals surface area contributed by atoms with Crippen molar-refractivity contribution in [1.82, 2.24) is 4.98 Å². The number of nitrogens with zero attached hydrogens (tertiary/aromatic N) is 1. The molecule has 2 nitrogen and oxygen atoms in total. The molecule has 0 unspecified atom stereocenters. The Hall–Kier alpha value is -0.410. The van der Waals surface area contributed by atoms with Crippen LogP contribution in [0.4, 0.5) is 0 Å². The van der Waals surface area contributed by atoms with E-state index in [4.69, 9.17) is 10.7 Å². The molecule has 0 spiro atoms. The van der Waals surface area contributed by atoms with Gasteiger partial charge in [-0.05, 0) is 25.7 Å². The Bertz CT molecular complexity index is 374. The van der Waals surface area contributed by atoms with Gasteiger partial charge in [0.15, 0.2) is 0 Å². The van der Waals surface area contributed by atoms with Gasteiger partial charge in [0.05, 0.1) is 11.2 Å². The van der Waals surface area contributed by atoms with Gasteiger partial charge in [-0.15, -0.1) is 11.3 Å². The highest BCUT2D eigenvalue weighted by atomic mass is 32.1. The monoisotopic (exact) mass is 252 g/mol. The number of thiazole rings is 1. The first-order valence-electron chi connectivity index (χ1n) is 6.79. The van der Waals surface area contributed by atoms with Crippen molar-refractivity contribution in [3.63, 3.8) is 0 Å². The molecule has 1 heterocycles. The summed E-state index contributed by atoms with van der Waals surface area (Å²) < 4.78 is 0. The Kier molecular flexibility index (Phi) is 3.88. The third kappa shape index (κ3) is 2.71. The minimum atomic E-state index is -0.140. The van der Waals surface area contributed by atoms with Gasteiger partial charge in [0, 0.05) is 4.88 Å². The minimum Gasteiger partial charge on any atom is -0.319 e. The molecule has 2 N–H and O–H groups in total. The van der Waals surface area contributed by atoms with Crippen LogP contribution in [0.1, 0.15) is 73.9 Å². The summed E-state index contributed by atoms with van der Waals surface area (Å²) in [5, 5.41) is 1.18. The average molecular weight is 252 g/mol. The van der Waals surface area contributed by atoms with Crippen molar-refractivity contribution in [3.8, 4) is 0 Å². The number of rotatable bonds is 2. The molecular weight excluding hydrogens is 228 g/mol. The van der Waals surface area contributed by atoms with Gasteiger partial charge < -0.3 is 5.73 Å². The zero-order chi connectivity index (χ0) is 12.5. The summed E-state index contributed by atoms with van der Waals surface area (Å²) in [6.07, 6.45) is 7.40. The summed E-state index contributed by atoms with van der Waals surface area (Å²) >= 11 is 1.82. The molecule has 17 heavy (non-hydrogen) atoms. The highest BCUT2D eigenvalue weighted by Crippen LogP contribution is 2.37. The van der Waals surface area contributed by atoms with Gasteiger partial charge in [0.1, 0.15) is 5.01 Å². The van der Waals surface area contributed by atoms with Crippen LogP contribution >= 0.6 is 11.3 Å². The summed E-state index contributed by atoms with van der Waals surface area (Å²) in [7, 11) is 0. The fourth-order valence-electron chi connectivity index (χ4n) is 2.73. The van der Waals surface area contributed by atoms with Gasteiger partial charge in [-0.25, -0.2) is 4.98 Å². The van der Waals surface area contributed by atoms with E-state index < -0.39 is 0 Å². The van der Waals surface area contributed by atoms with Gasteiger partial charge in [0.25, 0.3) is 0 Å². The molecule has 1 aromatic rings. The Labute approximate surface area is 109 Å². The van der Waals surface area contributed by atoms with Crippen LogP contribution < -0.4 is 5.73 Å². The number of nitrogens with two attached hydrogens (primary N) is 1. The third-order valence-electron chi connectivity index (χ3n) is 3.80. The molecule has 0 atom stereocenters. The van der Waals surface area contributed by atoms with Crippen molar-refractivity contribution in [2.75, 3.05) is 0 Å². The molecule has 3 heteroatoms. The van der Waals surface area contributed by atoms with Crippen LogP contribution in [0.3, 0.4) is 0 Å². The van der Waals surface area contributed by atoms with E-state index in [1.54, 1.807) is 0 Å². The van der Waals surface area contributed by atoms with E-state index in [0.717, 1.165) is 12.8 Å². The molecule has 2 rings (SSSR count). The molecule has 1 fully saturated rings. The van der Waals surface area contributed by atoms with Crippen molar-refractivity contribution < 1.29 is 0 Å². The van der Waals surface area contributed by atoms with E-state index in [-0.39, 0.29) is 5.54 Å². The molecule has 1 aliphatic rings. The SMILES string of the molecule is Cc1sc(C2(N)CCCCCC2)nc1C(C)C. The lowest BCUT2D eigenvalue weighted by molar-refractivity contribution is 0.382. The third-order valence-corrected chi connectivity index (χ3v) is 5.01. The predicted molar refractivity (Wildman–Crippen MR) is 74.5 cm³/mol. The van der Waals surface area contributed by atoms with Crippen molar-refractivity contribution in [2.24, 2.45) is 5.73 Å². The second kappa shape index (κ2) is 5.07. The largest absolute Gasteiger partial charge is 0.319 e. The maximum absolute atomic E-state index is 6.61. The highest BCUT2D eigenvalue weighted by molar-refractivity contribution is 7.11. The standard InChI is InChI=1S/C14H24N2S/c1-10(2)12-11(3)17-13(16-12)14(15)8-6-4-5-7-9-14/h10H,4-9,15H2,1-3H3. The Morgan fingerprint density at radius 3 is 2.24 bits per heavy atom. The molecule has 0 radical (unpaired) electrons. The molecule has 0 amide bonds. The second-order valence-corrected chi connectivity index (χ2v) is 6.89. The maximum atomic E-state index is 6.61. The lowest BCUT2D eigenvalue weighted by Gasteiger charge is -2.25. The Balaban J connectivity index is 2.28. The van der Waals surface area contributed by atoms with Crippen molar-refractivity contribution in [1.29, 1.82) is 0 Å². The van der Waals surface area contributed by atoms with Crippen molar-refractivity contribution >= 4 is 11.3 Å². The fourth-order valence-corrected chi connectivity index (χ4v) is 3.96.